The normalized spacial score (nSPS) is 14.9. The van der Waals surface area contributed by atoms with Crippen LogP contribution < -0.4 is 10.5 Å². The standard InChI is InChI=1S/C12H15N3O3S2/c13-20(17,18)10-4-1-9(2-5-10)3-6-11(16)15-12-14-7-8-19-12/h1-2,4-5H,3,6-8H2,(H2,13,17,18)(H,14,15,16). The second kappa shape index (κ2) is 6.38. The fourth-order valence-corrected chi connectivity index (χ4v) is 2.96. The van der Waals surface area contributed by atoms with E-state index < -0.39 is 10.0 Å². The number of primary sulfonamides is 1. The van der Waals surface area contributed by atoms with Gasteiger partial charge in [-0.1, -0.05) is 23.9 Å². The van der Waals surface area contributed by atoms with E-state index in [1.54, 1.807) is 12.1 Å². The molecule has 1 aromatic carbocycles. The Morgan fingerprint density at radius 3 is 2.60 bits per heavy atom. The molecule has 1 aliphatic rings. The molecule has 1 amide bonds. The number of benzene rings is 1. The number of carbonyl (C=O) groups excluding carboxylic acids is 1. The van der Waals surface area contributed by atoms with Gasteiger partial charge in [-0.15, -0.1) is 0 Å². The molecule has 3 N–H and O–H groups in total. The predicted molar refractivity (Wildman–Crippen MR) is 79.0 cm³/mol. The number of aryl methyl sites for hydroxylation is 1. The zero-order valence-corrected chi connectivity index (χ0v) is 12.3. The van der Waals surface area contributed by atoms with Crippen LogP contribution in [0.1, 0.15) is 12.0 Å². The fourth-order valence-electron chi connectivity index (χ4n) is 1.70. The molecule has 0 aromatic heterocycles. The molecule has 0 saturated carbocycles. The lowest BCUT2D eigenvalue weighted by Gasteiger charge is -2.05. The maximum Gasteiger partial charge on any atom is 0.238 e. The van der Waals surface area contributed by atoms with Crippen molar-refractivity contribution in [2.45, 2.75) is 17.7 Å². The monoisotopic (exact) mass is 313 g/mol. The van der Waals surface area contributed by atoms with Gasteiger partial charge in [0, 0.05) is 12.2 Å². The molecular weight excluding hydrogens is 298 g/mol. The van der Waals surface area contributed by atoms with Crippen LogP contribution in [-0.2, 0) is 21.2 Å². The summed E-state index contributed by atoms with van der Waals surface area (Å²) in [5.41, 5.74) is 0.883. The van der Waals surface area contributed by atoms with Crippen LogP contribution in [0.3, 0.4) is 0 Å². The van der Waals surface area contributed by atoms with Crippen molar-refractivity contribution in [3.8, 4) is 0 Å². The summed E-state index contributed by atoms with van der Waals surface area (Å²) in [5.74, 6) is 0.818. The van der Waals surface area contributed by atoms with Crippen LogP contribution in [0.2, 0.25) is 0 Å². The van der Waals surface area contributed by atoms with Gasteiger partial charge in [0.1, 0.15) is 0 Å². The van der Waals surface area contributed by atoms with Crippen LogP contribution in [0.15, 0.2) is 34.2 Å². The van der Waals surface area contributed by atoms with E-state index in [9.17, 15) is 13.2 Å². The number of amidine groups is 1. The van der Waals surface area contributed by atoms with Gasteiger partial charge < -0.3 is 5.32 Å². The summed E-state index contributed by atoms with van der Waals surface area (Å²) in [5, 5.41) is 8.44. The third-order valence-electron chi connectivity index (χ3n) is 2.72. The smallest absolute Gasteiger partial charge is 0.238 e. The van der Waals surface area contributed by atoms with Gasteiger partial charge in [0.05, 0.1) is 11.4 Å². The van der Waals surface area contributed by atoms with Crippen molar-refractivity contribution in [3.05, 3.63) is 29.8 Å². The van der Waals surface area contributed by atoms with Crippen LogP contribution >= 0.6 is 11.8 Å². The summed E-state index contributed by atoms with van der Waals surface area (Å²) in [4.78, 5) is 15.9. The van der Waals surface area contributed by atoms with Crippen LogP contribution in [-0.4, -0.2) is 31.8 Å². The van der Waals surface area contributed by atoms with E-state index in [0.717, 1.165) is 17.9 Å². The molecule has 0 atom stereocenters. The number of thioether (sulfide) groups is 1. The first-order valence-corrected chi connectivity index (χ1v) is 8.57. The molecule has 2 rings (SSSR count). The number of nitrogens with one attached hydrogen (secondary N) is 1. The van der Waals surface area contributed by atoms with Crippen molar-refractivity contribution < 1.29 is 13.2 Å². The molecule has 1 aliphatic heterocycles. The molecule has 0 bridgehead atoms. The average Bonchev–Trinajstić information content (AvgIpc) is 2.88. The minimum absolute atomic E-state index is 0.0717. The Labute approximate surface area is 121 Å². The first kappa shape index (κ1) is 15.0. The van der Waals surface area contributed by atoms with Crippen molar-refractivity contribution in [2.24, 2.45) is 10.1 Å². The number of aliphatic imine (C=N–C) groups is 1. The molecule has 20 heavy (non-hydrogen) atoms. The molecule has 6 nitrogen and oxygen atoms in total. The van der Waals surface area contributed by atoms with Gasteiger partial charge in [-0.25, -0.2) is 13.6 Å². The lowest BCUT2D eigenvalue weighted by molar-refractivity contribution is -0.119. The van der Waals surface area contributed by atoms with E-state index >= 15 is 0 Å². The summed E-state index contributed by atoms with van der Waals surface area (Å²) in [6.45, 7) is 0.745. The lowest BCUT2D eigenvalue weighted by Crippen LogP contribution is -2.27. The van der Waals surface area contributed by atoms with Crippen LogP contribution in [0.4, 0.5) is 0 Å². The SMILES string of the molecule is NS(=O)(=O)c1ccc(CCC(=O)NC2=NCCS2)cc1. The van der Waals surface area contributed by atoms with Crippen molar-refractivity contribution in [1.82, 2.24) is 5.32 Å². The molecule has 108 valence electrons. The largest absolute Gasteiger partial charge is 0.305 e. The Morgan fingerprint density at radius 1 is 1.35 bits per heavy atom. The summed E-state index contributed by atoms with van der Waals surface area (Å²) in [7, 11) is -3.66. The Bertz CT molecular complexity index is 624. The maximum absolute atomic E-state index is 11.7. The minimum atomic E-state index is -3.66. The number of hydrogen-bond donors (Lipinski definition) is 2. The van der Waals surface area contributed by atoms with Crippen LogP contribution in [0, 0.1) is 0 Å². The Kier molecular flexibility index (Phi) is 4.79. The third-order valence-corrected chi connectivity index (χ3v) is 4.54. The Morgan fingerprint density at radius 2 is 2.05 bits per heavy atom. The fraction of sp³-hybridized carbons (Fsp3) is 0.333. The molecule has 8 heteroatoms. The number of amides is 1. The van der Waals surface area contributed by atoms with Gasteiger partial charge in [-0.05, 0) is 24.1 Å². The van der Waals surface area contributed by atoms with Crippen LogP contribution in [0.5, 0.6) is 0 Å². The minimum Gasteiger partial charge on any atom is -0.305 e. The van der Waals surface area contributed by atoms with Crippen molar-refractivity contribution in [2.75, 3.05) is 12.3 Å². The molecule has 0 radical (unpaired) electrons. The third kappa shape index (κ3) is 4.32. The molecule has 0 saturated heterocycles. The van der Waals surface area contributed by atoms with Gasteiger partial charge in [0.15, 0.2) is 5.17 Å². The van der Waals surface area contributed by atoms with E-state index in [-0.39, 0.29) is 10.8 Å². The van der Waals surface area contributed by atoms with Crippen molar-refractivity contribution in [3.63, 3.8) is 0 Å². The summed E-state index contributed by atoms with van der Waals surface area (Å²) < 4.78 is 22.2. The lowest BCUT2D eigenvalue weighted by atomic mass is 10.1. The van der Waals surface area contributed by atoms with Gasteiger partial charge in [-0.2, -0.15) is 0 Å². The number of rotatable bonds is 4. The number of hydrogen-bond acceptors (Lipinski definition) is 5. The van der Waals surface area contributed by atoms with E-state index in [1.165, 1.54) is 23.9 Å². The van der Waals surface area contributed by atoms with E-state index in [2.05, 4.69) is 10.3 Å². The second-order valence-electron chi connectivity index (χ2n) is 4.27. The van der Waals surface area contributed by atoms with E-state index in [4.69, 9.17) is 5.14 Å². The molecule has 0 unspecified atom stereocenters. The number of nitrogens with two attached hydrogens (primary N) is 1. The van der Waals surface area contributed by atoms with Crippen LogP contribution in [0.25, 0.3) is 0 Å². The number of sulfonamides is 1. The van der Waals surface area contributed by atoms with E-state index in [1.807, 2.05) is 0 Å². The zero-order chi connectivity index (χ0) is 14.6. The highest BCUT2D eigenvalue weighted by molar-refractivity contribution is 8.14. The predicted octanol–water partition coefficient (Wildman–Crippen LogP) is 0.486. The summed E-state index contributed by atoms with van der Waals surface area (Å²) in [6, 6.07) is 6.21. The second-order valence-corrected chi connectivity index (χ2v) is 6.92. The number of nitrogens with zero attached hydrogens (tertiary/aromatic N) is 1. The topological polar surface area (TPSA) is 102 Å². The maximum atomic E-state index is 11.7. The van der Waals surface area contributed by atoms with Gasteiger partial charge in [0.2, 0.25) is 15.9 Å². The Balaban J connectivity index is 1.86. The first-order chi connectivity index (χ1) is 9.45. The van der Waals surface area contributed by atoms with Gasteiger partial charge in [0.25, 0.3) is 0 Å². The van der Waals surface area contributed by atoms with Crippen molar-refractivity contribution >= 4 is 32.9 Å². The molecule has 1 heterocycles. The van der Waals surface area contributed by atoms with Gasteiger partial charge in [-0.3, -0.25) is 9.79 Å². The zero-order valence-electron chi connectivity index (χ0n) is 10.7. The first-order valence-electron chi connectivity index (χ1n) is 6.04. The van der Waals surface area contributed by atoms with E-state index in [0.29, 0.717) is 18.0 Å². The molecule has 0 aliphatic carbocycles. The highest BCUT2D eigenvalue weighted by Crippen LogP contribution is 2.11. The number of carbonyl (C=O) groups is 1. The molecular formula is C12H15N3O3S2. The van der Waals surface area contributed by atoms with Gasteiger partial charge >= 0.3 is 0 Å². The Hall–Kier alpha value is -1.38. The highest BCUT2D eigenvalue weighted by atomic mass is 32.2. The highest BCUT2D eigenvalue weighted by Gasteiger charge is 2.11. The molecule has 0 spiro atoms. The summed E-state index contributed by atoms with van der Waals surface area (Å²) >= 11 is 1.53. The quantitative estimate of drug-likeness (QED) is 0.844. The average molecular weight is 313 g/mol. The molecule has 0 fully saturated rings. The van der Waals surface area contributed by atoms with Crippen molar-refractivity contribution in [1.29, 1.82) is 0 Å². The molecule has 1 aromatic rings. The summed E-state index contributed by atoms with van der Waals surface area (Å²) in [6.07, 6.45) is 0.864.